The molecule has 1 amide bonds. The molecule has 3 aromatic carbocycles. The molecular weight excluding hydrogens is 444 g/mol. The zero-order valence-corrected chi connectivity index (χ0v) is 18.1. The van der Waals surface area contributed by atoms with Gasteiger partial charge < -0.3 is 10.3 Å². The Morgan fingerprint density at radius 1 is 1.00 bits per heavy atom. The van der Waals surface area contributed by atoms with Crippen molar-refractivity contribution in [2.75, 3.05) is 11.9 Å². The molecule has 10 heteroatoms. The van der Waals surface area contributed by atoms with Crippen molar-refractivity contribution < 1.29 is 18.1 Å². The van der Waals surface area contributed by atoms with Crippen molar-refractivity contribution in [2.24, 2.45) is 0 Å². The molecule has 0 aliphatic heterocycles. The summed E-state index contributed by atoms with van der Waals surface area (Å²) < 4.78 is 28.1. The third-order valence-corrected chi connectivity index (χ3v) is 6.54. The molecule has 0 aliphatic rings. The highest BCUT2D eigenvalue weighted by Gasteiger charge is 2.17. The summed E-state index contributed by atoms with van der Waals surface area (Å²) in [6.07, 6.45) is 2.36. The predicted molar refractivity (Wildman–Crippen MR) is 125 cm³/mol. The Kier molecular flexibility index (Phi) is 6.20. The highest BCUT2D eigenvalue weighted by Crippen LogP contribution is 2.20. The van der Waals surface area contributed by atoms with Crippen LogP contribution < -0.4 is 10.0 Å². The maximum Gasteiger partial charge on any atom is 0.271 e. The number of rotatable bonds is 8. The van der Waals surface area contributed by atoms with Gasteiger partial charge in [-0.05, 0) is 42.3 Å². The quantitative estimate of drug-likeness (QED) is 0.269. The molecule has 9 nitrogen and oxygen atoms in total. The second-order valence-corrected chi connectivity index (χ2v) is 9.06. The van der Waals surface area contributed by atoms with E-state index >= 15 is 0 Å². The van der Waals surface area contributed by atoms with E-state index in [1.165, 1.54) is 48.5 Å². The number of carbonyl (C=O) groups is 1. The minimum atomic E-state index is -3.84. The molecule has 4 rings (SSSR count). The Bertz CT molecular complexity index is 1450. The topological polar surface area (TPSA) is 134 Å². The number of aromatic nitrogens is 1. The highest BCUT2D eigenvalue weighted by molar-refractivity contribution is 7.89. The van der Waals surface area contributed by atoms with Gasteiger partial charge in [0.1, 0.15) is 0 Å². The third kappa shape index (κ3) is 5.08. The lowest BCUT2D eigenvalue weighted by Gasteiger charge is -2.09. The van der Waals surface area contributed by atoms with Gasteiger partial charge in [0.15, 0.2) is 0 Å². The van der Waals surface area contributed by atoms with Crippen molar-refractivity contribution in [1.82, 2.24) is 9.71 Å². The summed E-state index contributed by atoms with van der Waals surface area (Å²) in [6.45, 7) is 0.189. The molecule has 0 bridgehead atoms. The molecule has 0 atom stereocenters. The van der Waals surface area contributed by atoms with Gasteiger partial charge in [-0.1, -0.05) is 30.3 Å². The number of sulfonamides is 1. The Morgan fingerprint density at radius 2 is 1.79 bits per heavy atom. The summed E-state index contributed by atoms with van der Waals surface area (Å²) in [4.78, 5) is 26.0. The summed E-state index contributed by atoms with van der Waals surface area (Å²) in [5.41, 5.74) is 2.17. The van der Waals surface area contributed by atoms with Crippen molar-refractivity contribution in [1.29, 1.82) is 0 Å². The van der Waals surface area contributed by atoms with E-state index in [0.29, 0.717) is 6.42 Å². The number of nitrogens with zero attached hydrogens (tertiary/aromatic N) is 1. The number of nitro groups is 1. The maximum absolute atomic E-state index is 12.8. The van der Waals surface area contributed by atoms with Gasteiger partial charge in [0.05, 0.1) is 9.82 Å². The van der Waals surface area contributed by atoms with Gasteiger partial charge in [-0.15, -0.1) is 0 Å². The number of benzene rings is 3. The molecule has 0 radical (unpaired) electrons. The largest absolute Gasteiger partial charge is 0.361 e. The van der Waals surface area contributed by atoms with Crippen LogP contribution in [0.1, 0.15) is 15.9 Å². The molecular formula is C23H20N4O5S. The fraction of sp³-hybridized carbons (Fsp3) is 0.0870. The zero-order valence-electron chi connectivity index (χ0n) is 17.3. The van der Waals surface area contributed by atoms with Crippen LogP contribution in [0.2, 0.25) is 0 Å². The van der Waals surface area contributed by atoms with E-state index in [9.17, 15) is 23.3 Å². The normalized spacial score (nSPS) is 11.4. The lowest BCUT2D eigenvalue weighted by Crippen LogP contribution is -2.26. The summed E-state index contributed by atoms with van der Waals surface area (Å²) in [6, 6.07) is 18.9. The van der Waals surface area contributed by atoms with E-state index in [0.717, 1.165) is 16.5 Å². The summed E-state index contributed by atoms with van der Waals surface area (Å²) in [5, 5.41) is 14.5. The Hall–Kier alpha value is -4.02. The van der Waals surface area contributed by atoms with Gasteiger partial charge in [-0.3, -0.25) is 14.9 Å². The van der Waals surface area contributed by atoms with Crippen LogP contribution in [0.15, 0.2) is 83.9 Å². The van der Waals surface area contributed by atoms with Gasteiger partial charge in [-0.2, -0.15) is 0 Å². The fourth-order valence-corrected chi connectivity index (χ4v) is 4.52. The van der Waals surface area contributed by atoms with Gasteiger partial charge in [0.2, 0.25) is 10.0 Å². The van der Waals surface area contributed by atoms with Crippen LogP contribution in [0.25, 0.3) is 10.9 Å². The molecule has 0 unspecified atom stereocenters. The summed E-state index contributed by atoms with van der Waals surface area (Å²) >= 11 is 0. The Balaban J connectivity index is 1.44. The number of nitro benzene ring substituents is 1. The van der Waals surface area contributed by atoms with Crippen molar-refractivity contribution in [2.45, 2.75) is 11.3 Å². The van der Waals surface area contributed by atoms with Gasteiger partial charge in [-0.25, -0.2) is 13.1 Å². The number of anilines is 1. The second kappa shape index (κ2) is 9.23. The van der Waals surface area contributed by atoms with Crippen LogP contribution in [0.3, 0.4) is 0 Å². The summed E-state index contributed by atoms with van der Waals surface area (Å²) in [5.74, 6) is -0.577. The molecule has 0 saturated heterocycles. The zero-order chi connectivity index (χ0) is 23.4. The average molecular weight is 465 g/mol. The number of nitrogens with one attached hydrogen (secondary N) is 3. The lowest BCUT2D eigenvalue weighted by atomic mass is 10.1. The van der Waals surface area contributed by atoms with Crippen molar-refractivity contribution in [3.63, 3.8) is 0 Å². The minimum Gasteiger partial charge on any atom is -0.361 e. The van der Waals surface area contributed by atoms with Crippen LogP contribution in [0.5, 0.6) is 0 Å². The van der Waals surface area contributed by atoms with E-state index < -0.39 is 20.9 Å². The molecule has 0 spiro atoms. The Morgan fingerprint density at radius 3 is 2.61 bits per heavy atom. The number of carbonyl (C=O) groups excluding carboxylic acids is 1. The number of H-pyrrole nitrogens is 1. The highest BCUT2D eigenvalue weighted by atomic mass is 32.2. The number of non-ortho nitro benzene ring substituents is 1. The monoisotopic (exact) mass is 464 g/mol. The van der Waals surface area contributed by atoms with Gasteiger partial charge in [0, 0.05) is 47.0 Å². The van der Waals surface area contributed by atoms with Crippen LogP contribution in [0.4, 0.5) is 11.4 Å². The number of amides is 1. The van der Waals surface area contributed by atoms with Gasteiger partial charge >= 0.3 is 0 Å². The van der Waals surface area contributed by atoms with E-state index in [4.69, 9.17) is 0 Å². The molecule has 3 N–H and O–H groups in total. The van der Waals surface area contributed by atoms with E-state index in [-0.39, 0.29) is 28.4 Å². The smallest absolute Gasteiger partial charge is 0.271 e. The standard InChI is InChI=1S/C23H20N4O5S/c28-23(26-18-6-4-7-19(14-18)27(29)30)16-5-3-8-20(13-16)33(31,32)25-12-11-17-15-24-22-10-2-1-9-21(17)22/h1-10,13-15,24-25H,11-12H2,(H,26,28). The molecule has 1 aromatic heterocycles. The van der Waals surface area contributed by atoms with Crippen molar-refractivity contribution in [3.05, 3.63) is 100 Å². The van der Waals surface area contributed by atoms with E-state index in [1.54, 1.807) is 0 Å². The first-order chi connectivity index (χ1) is 15.8. The molecule has 4 aromatic rings. The van der Waals surface area contributed by atoms with Gasteiger partial charge in [0.25, 0.3) is 11.6 Å². The average Bonchev–Trinajstić information content (AvgIpc) is 3.22. The molecule has 168 valence electrons. The minimum absolute atomic E-state index is 0.0480. The van der Waals surface area contributed by atoms with Crippen molar-refractivity contribution in [3.8, 4) is 0 Å². The second-order valence-electron chi connectivity index (χ2n) is 7.30. The molecule has 0 aliphatic carbocycles. The van der Waals surface area contributed by atoms with Crippen LogP contribution in [-0.2, 0) is 16.4 Å². The molecule has 33 heavy (non-hydrogen) atoms. The number of hydrogen-bond donors (Lipinski definition) is 3. The molecule has 1 heterocycles. The summed E-state index contributed by atoms with van der Waals surface area (Å²) in [7, 11) is -3.84. The number of para-hydroxylation sites is 1. The van der Waals surface area contributed by atoms with Crippen LogP contribution in [-0.4, -0.2) is 30.8 Å². The maximum atomic E-state index is 12.8. The first-order valence-corrected chi connectivity index (χ1v) is 11.5. The SMILES string of the molecule is O=C(Nc1cccc([N+](=O)[O-])c1)c1cccc(S(=O)(=O)NCCc2c[nH]c3ccccc23)c1. The van der Waals surface area contributed by atoms with Crippen molar-refractivity contribution >= 4 is 38.2 Å². The Labute approximate surface area is 189 Å². The van der Waals surface area contributed by atoms with E-state index in [1.807, 2.05) is 30.5 Å². The number of fused-ring (bicyclic) bond motifs is 1. The first-order valence-electron chi connectivity index (χ1n) is 10.0. The van der Waals surface area contributed by atoms with Crippen LogP contribution >= 0.6 is 0 Å². The molecule has 0 fully saturated rings. The van der Waals surface area contributed by atoms with E-state index in [2.05, 4.69) is 15.0 Å². The lowest BCUT2D eigenvalue weighted by molar-refractivity contribution is -0.384. The fourth-order valence-electron chi connectivity index (χ4n) is 3.45. The number of aromatic amines is 1. The first kappa shape index (κ1) is 22.2. The third-order valence-electron chi connectivity index (χ3n) is 5.08. The molecule has 0 saturated carbocycles. The predicted octanol–water partition coefficient (Wildman–Crippen LogP) is 3.85. The number of hydrogen-bond acceptors (Lipinski definition) is 5. The van der Waals surface area contributed by atoms with Crippen LogP contribution in [0, 0.1) is 10.1 Å².